The molecule has 3 rings (SSSR count). The van der Waals surface area contributed by atoms with Crippen molar-refractivity contribution in [3.05, 3.63) is 57.2 Å². The summed E-state index contributed by atoms with van der Waals surface area (Å²) in [6.45, 7) is 5.20. The van der Waals surface area contributed by atoms with E-state index in [4.69, 9.17) is 28.4 Å². The van der Waals surface area contributed by atoms with Crippen LogP contribution in [0.5, 0.6) is 23.0 Å². The quantitative estimate of drug-likeness (QED) is 0.0943. The zero-order chi connectivity index (χ0) is 32.2. The van der Waals surface area contributed by atoms with Crippen LogP contribution in [0.1, 0.15) is 37.9 Å². The first-order valence-corrected chi connectivity index (χ1v) is 14.3. The monoisotopic (exact) mass is 678 g/mol. The number of halogens is 1. The van der Waals surface area contributed by atoms with E-state index in [9.17, 15) is 19.5 Å². The number of carbonyl (C=O) groups is 3. The number of nitrogens with zero attached hydrogens (tertiary/aromatic N) is 1. The number of urea groups is 1. The highest BCUT2D eigenvalue weighted by Gasteiger charge is 2.32. The van der Waals surface area contributed by atoms with Crippen LogP contribution in [0, 0.1) is 0 Å². The fourth-order valence-corrected chi connectivity index (χ4v) is 4.68. The number of amides is 2. The second-order valence-corrected chi connectivity index (χ2v) is 9.90. The highest BCUT2D eigenvalue weighted by atomic mass is 79.9. The molecular formula is C29H35BrN4O10. The van der Waals surface area contributed by atoms with Gasteiger partial charge in [0.05, 0.1) is 49.7 Å². The number of rotatable bonds is 15. The van der Waals surface area contributed by atoms with Crippen molar-refractivity contribution in [2.24, 2.45) is 5.10 Å². The number of ether oxygens (including phenoxy) is 6. The molecule has 0 fully saturated rings. The maximum atomic E-state index is 12.4. The van der Waals surface area contributed by atoms with Gasteiger partial charge in [-0.1, -0.05) is 6.07 Å². The number of carbonyl (C=O) groups excluding carboxylic acids is 3. The average molecular weight is 680 g/mol. The molecule has 0 spiro atoms. The van der Waals surface area contributed by atoms with Crippen molar-refractivity contribution >= 4 is 40.1 Å². The van der Waals surface area contributed by atoms with Crippen LogP contribution >= 0.6 is 15.9 Å². The molecule has 0 radical (unpaired) electrons. The predicted molar refractivity (Wildman–Crippen MR) is 162 cm³/mol. The number of aliphatic hydroxyl groups is 1. The second-order valence-electron chi connectivity index (χ2n) is 9.04. The average Bonchev–Trinajstić information content (AvgIpc) is 2.99. The van der Waals surface area contributed by atoms with E-state index in [1.165, 1.54) is 20.4 Å². The third kappa shape index (κ3) is 9.00. The second kappa shape index (κ2) is 16.4. The van der Waals surface area contributed by atoms with Gasteiger partial charge in [-0.05, 0) is 72.1 Å². The first kappa shape index (κ1) is 34.0. The van der Waals surface area contributed by atoms with E-state index in [0.29, 0.717) is 50.9 Å². The molecule has 1 heterocycles. The third-order valence-electron chi connectivity index (χ3n) is 6.00. The van der Waals surface area contributed by atoms with Crippen molar-refractivity contribution in [1.29, 1.82) is 0 Å². The largest absolute Gasteiger partial charge is 0.493 e. The van der Waals surface area contributed by atoms with Crippen LogP contribution in [0.25, 0.3) is 0 Å². The van der Waals surface area contributed by atoms with Gasteiger partial charge in [-0.2, -0.15) is 5.10 Å². The molecule has 4 N–H and O–H groups in total. The van der Waals surface area contributed by atoms with Gasteiger partial charge >= 0.3 is 18.0 Å². The Balaban J connectivity index is 1.66. The molecule has 0 aliphatic carbocycles. The smallest absolute Gasteiger partial charge is 0.344 e. The van der Waals surface area contributed by atoms with Gasteiger partial charge in [0.25, 0.3) is 0 Å². The molecule has 2 atom stereocenters. The molecule has 0 bridgehead atoms. The molecule has 2 aromatic carbocycles. The summed E-state index contributed by atoms with van der Waals surface area (Å²) in [5.41, 5.74) is 4.38. The van der Waals surface area contributed by atoms with Crippen molar-refractivity contribution in [2.45, 2.75) is 33.0 Å². The van der Waals surface area contributed by atoms with E-state index >= 15 is 0 Å². The number of hydrogen-bond donors (Lipinski definition) is 4. The minimum atomic E-state index is -1.20. The summed E-state index contributed by atoms with van der Waals surface area (Å²) in [6, 6.07) is 7.04. The topological polar surface area (TPSA) is 175 Å². The first-order valence-electron chi connectivity index (χ1n) is 13.5. The normalized spacial score (nSPS) is 15.2. The first-order chi connectivity index (χ1) is 21.1. The van der Waals surface area contributed by atoms with Crippen molar-refractivity contribution in [2.75, 3.05) is 40.6 Å². The molecule has 0 saturated carbocycles. The molecule has 44 heavy (non-hydrogen) atoms. The lowest BCUT2D eigenvalue weighted by molar-refractivity contribution is -0.145. The highest BCUT2D eigenvalue weighted by molar-refractivity contribution is 9.10. The Bertz CT molecular complexity index is 1410. The Morgan fingerprint density at radius 1 is 1.09 bits per heavy atom. The molecule has 0 unspecified atom stereocenters. The Kier molecular flexibility index (Phi) is 12.7. The Labute approximate surface area is 262 Å². The fourth-order valence-electron chi connectivity index (χ4n) is 4.11. The van der Waals surface area contributed by atoms with Gasteiger partial charge in [-0.3, -0.25) is 5.43 Å². The zero-order valence-corrected chi connectivity index (χ0v) is 26.5. The van der Waals surface area contributed by atoms with E-state index in [0.717, 1.165) is 0 Å². The van der Waals surface area contributed by atoms with Gasteiger partial charge in [0, 0.05) is 5.70 Å². The van der Waals surface area contributed by atoms with Crippen LogP contribution in [-0.4, -0.2) is 76.2 Å². The lowest BCUT2D eigenvalue weighted by Gasteiger charge is -2.28. The van der Waals surface area contributed by atoms with Crippen LogP contribution < -0.4 is 35.0 Å². The van der Waals surface area contributed by atoms with E-state index in [-0.39, 0.29) is 25.4 Å². The van der Waals surface area contributed by atoms with Gasteiger partial charge in [0.2, 0.25) is 0 Å². The third-order valence-corrected chi connectivity index (χ3v) is 6.59. The summed E-state index contributed by atoms with van der Waals surface area (Å²) in [5.74, 6) is 0.259. The van der Waals surface area contributed by atoms with Gasteiger partial charge in [-0.15, -0.1) is 0 Å². The lowest BCUT2D eigenvalue weighted by atomic mass is 9.95. The van der Waals surface area contributed by atoms with Crippen molar-refractivity contribution in [1.82, 2.24) is 16.1 Å². The maximum Gasteiger partial charge on any atom is 0.344 e. The van der Waals surface area contributed by atoms with Crippen LogP contribution in [0.3, 0.4) is 0 Å². The van der Waals surface area contributed by atoms with Crippen LogP contribution in [0.4, 0.5) is 4.79 Å². The summed E-state index contributed by atoms with van der Waals surface area (Å²) in [5, 5.41) is 19.8. The summed E-state index contributed by atoms with van der Waals surface area (Å²) in [4.78, 5) is 36.2. The zero-order valence-electron chi connectivity index (χ0n) is 24.9. The number of methoxy groups -OCH3 is 2. The van der Waals surface area contributed by atoms with Crippen LogP contribution in [0.15, 0.2) is 51.2 Å². The van der Waals surface area contributed by atoms with Crippen molar-refractivity contribution < 1.29 is 47.9 Å². The number of nitrogens with one attached hydrogen (secondary N) is 3. The molecule has 14 nitrogen and oxygen atoms in total. The summed E-state index contributed by atoms with van der Waals surface area (Å²) < 4.78 is 32.7. The van der Waals surface area contributed by atoms with Crippen molar-refractivity contribution in [3.63, 3.8) is 0 Å². The number of hydrogen-bond acceptors (Lipinski definition) is 12. The van der Waals surface area contributed by atoms with Crippen LogP contribution in [-0.2, 0) is 19.1 Å². The van der Waals surface area contributed by atoms with Gasteiger partial charge < -0.3 is 44.2 Å². The van der Waals surface area contributed by atoms with Gasteiger partial charge in [0.15, 0.2) is 35.8 Å². The summed E-state index contributed by atoms with van der Waals surface area (Å²) in [6.07, 6.45) is 0.256. The molecule has 2 aromatic rings. The van der Waals surface area contributed by atoms with Gasteiger partial charge in [-0.25, -0.2) is 14.4 Å². The molecule has 1 aliphatic rings. The SMILES string of the molecule is CCOC(=O)COc1c(Br)cc(/C=N\N[C@@H](O)COc2ccc([C@H]3NC(=O)NC(C)=C3C(=O)OC)cc2OCC)cc1OC. The number of aliphatic hydroxyl groups excluding tert-OH is 1. The summed E-state index contributed by atoms with van der Waals surface area (Å²) >= 11 is 3.40. The molecular weight excluding hydrogens is 644 g/mol. The van der Waals surface area contributed by atoms with E-state index in [1.54, 1.807) is 51.1 Å². The minimum absolute atomic E-state index is 0.194. The lowest BCUT2D eigenvalue weighted by Crippen LogP contribution is -2.45. The predicted octanol–water partition coefficient (Wildman–Crippen LogP) is 2.92. The molecule has 0 saturated heterocycles. The standard InChI is InChI=1S/C29H35BrN4O10/c1-6-41-21-12-18(26-25(28(37)40-5)16(3)32-29(38)33-26)8-9-20(21)43-14-23(35)34-31-13-17-10-19(30)27(22(11-17)39-4)44-15-24(36)42-7-2/h8-13,23,26,34-35H,6-7,14-15H2,1-5H3,(H2,32,33,38)/b31-13-/t23-,26+/m0/s1. The molecule has 1 aliphatic heterocycles. The minimum Gasteiger partial charge on any atom is -0.493 e. The number of benzene rings is 2. The maximum absolute atomic E-state index is 12.4. The van der Waals surface area contributed by atoms with E-state index in [1.807, 2.05) is 0 Å². The van der Waals surface area contributed by atoms with Gasteiger partial charge in [0.1, 0.15) is 6.61 Å². The molecule has 15 heteroatoms. The van der Waals surface area contributed by atoms with Crippen molar-refractivity contribution in [3.8, 4) is 23.0 Å². The Hall–Kier alpha value is -4.50. The summed E-state index contributed by atoms with van der Waals surface area (Å²) in [7, 11) is 2.72. The van der Waals surface area contributed by atoms with Crippen LogP contribution in [0.2, 0.25) is 0 Å². The highest BCUT2D eigenvalue weighted by Crippen LogP contribution is 2.37. The number of hydrazone groups is 1. The fraction of sp³-hybridized carbons (Fsp3) is 0.379. The number of allylic oxidation sites excluding steroid dienone is 1. The Morgan fingerprint density at radius 3 is 2.55 bits per heavy atom. The number of esters is 2. The molecule has 2 amide bonds. The molecule has 238 valence electrons. The molecule has 0 aromatic heterocycles. The Morgan fingerprint density at radius 2 is 1.86 bits per heavy atom. The van der Waals surface area contributed by atoms with E-state index < -0.39 is 30.2 Å². The van der Waals surface area contributed by atoms with E-state index in [2.05, 4.69) is 37.1 Å².